The number of nitrogens with one attached hydrogen (secondary N) is 1. The molecule has 1 aliphatic heterocycles. The smallest absolute Gasteiger partial charge is 0.352 e. The summed E-state index contributed by atoms with van der Waals surface area (Å²) in [5, 5.41) is 12.2. The standard InChI is InChI=1S/C15H25F2NO4/c1-11(9-13(2)21-7-8-22-13)10-18-12(19)15(16,17)14(20)5-3-4-6-14/h11,20H,3-10H2,1-2H3,(H,18,19). The lowest BCUT2D eigenvalue weighted by molar-refractivity contribution is -0.191. The van der Waals surface area contributed by atoms with Gasteiger partial charge in [-0.25, -0.2) is 0 Å². The molecule has 2 rings (SSSR count). The van der Waals surface area contributed by atoms with Gasteiger partial charge in [0.1, 0.15) is 5.60 Å². The molecule has 1 unspecified atom stereocenters. The molecule has 0 radical (unpaired) electrons. The second-order valence-electron chi connectivity index (χ2n) is 6.66. The maximum absolute atomic E-state index is 14.1. The molecular weight excluding hydrogens is 296 g/mol. The minimum atomic E-state index is -3.76. The van der Waals surface area contributed by atoms with Crippen molar-refractivity contribution in [2.24, 2.45) is 5.92 Å². The largest absolute Gasteiger partial charge is 0.383 e. The van der Waals surface area contributed by atoms with E-state index in [0.29, 0.717) is 32.5 Å². The Labute approximate surface area is 129 Å². The molecule has 1 saturated heterocycles. The Balaban J connectivity index is 1.83. The summed E-state index contributed by atoms with van der Waals surface area (Å²) in [6, 6.07) is 0. The summed E-state index contributed by atoms with van der Waals surface area (Å²) in [4.78, 5) is 11.8. The molecule has 1 heterocycles. The first-order chi connectivity index (χ1) is 10.2. The predicted molar refractivity (Wildman–Crippen MR) is 75.5 cm³/mol. The first kappa shape index (κ1) is 17.6. The number of hydrogen-bond donors (Lipinski definition) is 2. The van der Waals surface area contributed by atoms with Crippen molar-refractivity contribution in [2.45, 2.75) is 63.3 Å². The summed E-state index contributed by atoms with van der Waals surface area (Å²) < 4.78 is 39.2. The Bertz CT molecular complexity index is 404. The van der Waals surface area contributed by atoms with Crippen LogP contribution in [0.4, 0.5) is 8.78 Å². The van der Waals surface area contributed by atoms with Gasteiger partial charge in [-0.1, -0.05) is 19.8 Å². The van der Waals surface area contributed by atoms with Gasteiger partial charge in [0.15, 0.2) is 5.79 Å². The van der Waals surface area contributed by atoms with Crippen LogP contribution in [0, 0.1) is 5.92 Å². The van der Waals surface area contributed by atoms with Crippen LogP contribution in [-0.4, -0.2) is 48.1 Å². The van der Waals surface area contributed by atoms with Gasteiger partial charge in [-0.05, 0) is 25.7 Å². The number of hydrogen-bond acceptors (Lipinski definition) is 4. The summed E-state index contributed by atoms with van der Waals surface area (Å²) in [5.74, 6) is -5.95. The summed E-state index contributed by atoms with van der Waals surface area (Å²) in [6.45, 7) is 4.75. The van der Waals surface area contributed by atoms with E-state index in [1.54, 1.807) is 6.92 Å². The molecular formula is C15H25F2NO4. The summed E-state index contributed by atoms with van der Waals surface area (Å²) >= 11 is 0. The first-order valence-electron chi connectivity index (χ1n) is 7.85. The highest BCUT2D eigenvalue weighted by Crippen LogP contribution is 2.42. The molecule has 0 bridgehead atoms. The minimum Gasteiger partial charge on any atom is -0.383 e. The van der Waals surface area contributed by atoms with Crippen LogP contribution in [-0.2, 0) is 14.3 Å². The number of halogens is 2. The number of carbonyl (C=O) groups is 1. The molecule has 5 nitrogen and oxygen atoms in total. The molecule has 0 aromatic rings. The Hall–Kier alpha value is -0.790. The maximum atomic E-state index is 14.1. The quantitative estimate of drug-likeness (QED) is 0.783. The maximum Gasteiger partial charge on any atom is 0.352 e. The lowest BCUT2D eigenvalue weighted by atomic mass is 9.92. The predicted octanol–water partition coefficient (Wildman–Crippen LogP) is 1.83. The van der Waals surface area contributed by atoms with Crippen molar-refractivity contribution in [3.63, 3.8) is 0 Å². The Morgan fingerprint density at radius 1 is 1.32 bits per heavy atom. The van der Waals surface area contributed by atoms with Crippen LogP contribution >= 0.6 is 0 Å². The van der Waals surface area contributed by atoms with Gasteiger partial charge >= 0.3 is 5.92 Å². The normalized spacial score (nSPS) is 25.1. The molecule has 0 spiro atoms. The summed E-state index contributed by atoms with van der Waals surface area (Å²) in [6.07, 6.45) is 1.46. The van der Waals surface area contributed by atoms with Crippen molar-refractivity contribution >= 4 is 5.91 Å². The van der Waals surface area contributed by atoms with Gasteiger partial charge in [0.25, 0.3) is 5.91 Å². The van der Waals surface area contributed by atoms with Gasteiger partial charge in [-0.15, -0.1) is 0 Å². The zero-order valence-electron chi connectivity index (χ0n) is 13.2. The van der Waals surface area contributed by atoms with Gasteiger partial charge in [-0.3, -0.25) is 4.79 Å². The van der Waals surface area contributed by atoms with Crippen LogP contribution in [0.25, 0.3) is 0 Å². The SMILES string of the molecule is CC(CNC(=O)C(F)(F)C1(O)CCCC1)CC1(C)OCCO1. The fraction of sp³-hybridized carbons (Fsp3) is 0.933. The van der Waals surface area contributed by atoms with Crippen LogP contribution in [0.3, 0.4) is 0 Å². The molecule has 2 fully saturated rings. The van der Waals surface area contributed by atoms with E-state index in [9.17, 15) is 18.7 Å². The molecule has 22 heavy (non-hydrogen) atoms. The third-order valence-corrected chi connectivity index (χ3v) is 4.53. The van der Waals surface area contributed by atoms with E-state index in [-0.39, 0.29) is 25.3 Å². The number of rotatable bonds is 6. The van der Waals surface area contributed by atoms with Crippen molar-refractivity contribution in [1.29, 1.82) is 0 Å². The average Bonchev–Trinajstić information content (AvgIpc) is 3.06. The number of carbonyl (C=O) groups excluding carboxylic acids is 1. The van der Waals surface area contributed by atoms with Crippen LogP contribution in [0.1, 0.15) is 46.0 Å². The highest BCUT2D eigenvalue weighted by molar-refractivity contribution is 5.84. The van der Waals surface area contributed by atoms with Gasteiger partial charge < -0.3 is 19.9 Å². The monoisotopic (exact) mass is 321 g/mol. The molecule has 1 aliphatic carbocycles. The first-order valence-corrected chi connectivity index (χ1v) is 7.85. The number of amides is 1. The Kier molecular flexibility index (Phi) is 5.09. The Morgan fingerprint density at radius 3 is 2.41 bits per heavy atom. The zero-order chi connectivity index (χ0) is 16.4. The van der Waals surface area contributed by atoms with E-state index in [0.717, 1.165) is 0 Å². The van der Waals surface area contributed by atoms with Crippen LogP contribution < -0.4 is 5.32 Å². The van der Waals surface area contributed by atoms with E-state index in [1.165, 1.54) is 0 Å². The van der Waals surface area contributed by atoms with Crippen LogP contribution in [0.2, 0.25) is 0 Å². The van der Waals surface area contributed by atoms with Crippen molar-refractivity contribution in [1.82, 2.24) is 5.32 Å². The number of ether oxygens (including phenoxy) is 2. The van der Waals surface area contributed by atoms with E-state index in [1.807, 2.05) is 6.92 Å². The highest BCUT2D eigenvalue weighted by atomic mass is 19.3. The average molecular weight is 321 g/mol. The van der Waals surface area contributed by atoms with Gasteiger partial charge in [0.2, 0.25) is 0 Å². The third kappa shape index (κ3) is 3.58. The molecule has 7 heteroatoms. The topological polar surface area (TPSA) is 67.8 Å². The van der Waals surface area contributed by atoms with Crippen molar-refractivity contribution in [2.75, 3.05) is 19.8 Å². The lowest BCUT2D eigenvalue weighted by Crippen LogP contribution is -2.56. The summed E-state index contributed by atoms with van der Waals surface area (Å²) in [5.41, 5.74) is -2.20. The fourth-order valence-electron chi connectivity index (χ4n) is 3.24. The van der Waals surface area contributed by atoms with E-state index < -0.39 is 23.2 Å². The van der Waals surface area contributed by atoms with E-state index >= 15 is 0 Å². The van der Waals surface area contributed by atoms with Crippen molar-refractivity contribution in [3.8, 4) is 0 Å². The molecule has 2 N–H and O–H groups in total. The molecule has 128 valence electrons. The zero-order valence-corrected chi connectivity index (χ0v) is 13.2. The fourth-order valence-corrected chi connectivity index (χ4v) is 3.24. The summed E-state index contributed by atoms with van der Waals surface area (Å²) in [7, 11) is 0. The third-order valence-electron chi connectivity index (χ3n) is 4.53. The van der Waals surface area contributed by atoms with Gasteiger partial charge in [0.05, 0.1) is 13.2 Å². The van der Waals surface area contributed by atoms with Gasteiger partial charge in [-0.2, -0.15) is 8.78 Å². The van der Waals surface area contributed by atoms with Crippen molar-refractivity contribution < 1.29 is 28.2 Å². The molecule has 0 aromatic carbocycles. The second-order valence-corrected chi connectivity index (χ2v) is 6.66. The van der Waals surface area contributed by atoms with E-state index in [4.69, 9.17) is 9.47 Å². The lowest BCUT2D eigenvalue weighted by Gasteiger charge is -2.31. The van der Waals surface area contributed by atoms with Gasteiger partial charge in [0, 0.05) is 13.0 Å². The molecule has 1 amide bonds. The molecule has 1 saturated carbocycles. The second kappa shape index (κ2) is 6.37. The number of alkyl halides is 2. The minimum absolute atomic E-state index is 0.0390. The molecule has 2 aliphatic rings. The molecule has 0 aromatic heterocycles. The molecule has 1 atom stereocenters. The highest BCUT2D eigenvalue weighted by Gasteiger charge is 2.59. The van der Waals surface area contributed by atoms with E-state index in [2.05, 4.69) is 5.32 Å². The van der Waals surface area contributed by atoms with Crippen LogP contribution in [0.15, 0.2) is 0 Å². The van der Waals surface area contributed by atoms with Crippen molar-refractivity contribution in [3.05, 3.63) is 0 Å². The van der Waals surface area contributed by atoms with Crippen LogP contribution in [0.5, 0.6) is 0 Å². The number of aliphatic hydroxyl groups is 1. The Morgan fingerprint density at radius 2 is 1.86 bits per heavy atom.